The van der Waals surface area contributed by atoms with Gasteiger partial charge in [-0.2, -0.15) is 0 Å². The molecule has 0 radical (unpaired) electrons. The number of hydrogen-bond acceptors (Lipinski definition) is 3. The second-order valence-electron chi connectivity index (χ2n) is 6.16. The first kappa shape index (κ1) is 20.8. The summed E-state index contributed by atoms with van der Waals surface area (Å²) in [6.45, 7) is 3.91. The minimum atomic E-state index is -0.0467. The fraction of sp³-hybridized carbons (Fsp3) is 0.333. The topological polar surface area (TPSA) is 56.7 Å². The molecular formula is C21H28N4OS. The Balaban J connectivity index is 1.96. The zero-order valence-electron chi connectivity index (χ0n) is 16.5. The van der Waals surface area contributed by atoms with Gasteiger partial charge in [0.15, 0.2) is 5.96 Å². The third kappa shape index (κ3) is 6.32. The lowest BCUT2D eigenvalue weighted by Crippen LogP contribution is -2.38. The number of carbonyl (C=O) groups is 1. The molecule has 144 valence electrons. The predicted molar refractivity (Wildman–Crippen MR) is 114 cm³/mol. The van der Waals surface area contributed by atoms with Gasteiger partial charge in [0.25, 0.3) is 5.91 Å². The molecule has 0 unspecified atom stereocenters. The van der Waals surface area contributed by atoms with Crippen LogP contribution in [0.4, 0.5) is 0 Å². The lowest BCUT2D eigenvalue weighted by Gasteiger charge is -2.22. The molecule has 0 aromatic heterocycles. The first-order chi connectivity index (χ1) is 13.1. The van der Waals surface area contributed by atoms with Gasteiger partial charge in [0.1, 0.15) is 0 Å². The van der Waals surface area contributed by atoms with Crippen molar-refractivity contribution in [1.82, 2.24) is 15.5 Å². The second-order valence-corrected chi connectivity index (χ2v) is 7.04. The Hall–Kier alpha value is -2.47. The Morgan fingerprint density at radius 3 is 2.48 bits per heavy atom. The van der Waals surface area contributed by atoms with Crippen LogP contribution in [0.2, 0.25) is 0 Å². The number of nitrogens with one attached hydrogen (secondary N) is 2. The van der Waals surface area contributed by atoms with Gasteiger partial charge in [-0.1, -0.05) is 24.3 Å². The van der Waals surface area contributed by atoms with Crippen molar-refractivity contribution in [2.45, 2.75) is 24.9 Å². The summed E-state index contributed by atoms with van der Waals surface area (Å²) in [5.41, 5.74) is 2.95. The molecule has 0 saturated carbocycles. The number of thioether (sulfide) groups is 1. The molecule has 27 heavy (non-hydrogen) atoms. The van der Waals surface area contributed by atoms with E-state index in [0.29, 0.717) is 18.7 Å². The van der Waals surface area contributed by atoms with Crippen LogP contribution in [0.5, 0.6) is 0 Å². The third-order valence-electron chi connectivity index (χ3n) is 4.13. The van der Waals surface area contributed by atoms with Crippen molar-refractivity contribution in [2.75, 3.05) is 26.9 Å². The molecule has 0 aliphatic carbocycles. The van der Waals surface area contributed by atoms with Crippen molar-refractivity contribution < 1.29 is 4.79 Å². The maximum Gasteiger partial charge on any atom is 0.251 e. The molecule has 2 aromatic carbocycles. The van der Waals surface area contributed by atoms with Gasteiger partial charge in [0, 0.05) is 44.2 Å². The van der Waals surface area contributed by atoms with Crippen molar-refractivity contribution in [2.24, 2.45) is 4.99 Å². The second kappa shape index (κ2) is 10.6. The van der Waals surface area contributed by atoms with Crippen LogP contribution < -0.4 is 10.6 Å². The number of hydrogen-bond donors (Lipinski definition) is 2. The Morgan fingerprint density at radius 1 is 1.11 bits per heavy atom. The van der Waals surface area contributed by atoms with E-state index in [1.165, 1.54) is 10.5 Å². The van der Waals surface area contributed by atoms with Crippen LogP contribution in [-0.4, -0.2) is 43.7 Å². The van der Waals surface area contributed by atoms with E-state index in [4.69, 9.17) is 0 Å². The highest BCUT2D eigenvalue weighted by Gasteiger charge is 2.08. The van der Waals surface area contributed by atoms with Crippen LogP contribution in [0.25, 0.3) is 0 Å². The molecule has 2 N–H and O–H groups in total. The van der Waals surface area contributed by atoms with E-state index >= 15 is 0 Å². The van der Waals surface area contributed by atoms with Gasteiger partial charge in [-0.15, -0.1) is 11.8 Å². The maximum absolute atomic E-state index is 12.0. The minimum absolute atomic E-state index is 0.0467. The maximum atomic E-state index is 12.0. The van der Waals surface area contributed by atoms with E-state index in [2.05, 4.69) is 51.0 Å². The number of rotatable bonds is 7. The lowest BCUT2D eigenvalue weighted by atomic mass is 10.1. The fourth-order valence-electron chi connectivity index (χ4n) is 2.73. The van der Waals surface area contributed by atoms with Crippen LogP contribution in [0.15, 0.2) is 58.4 Å². The smallest absolute Gasteiger partial charge is 0.251 e. The monoisotopic (exact) mass is 384 g/mol. The van der Waals surface area contributed by atoms with Crippen molar-refractivity contribution >= 4 is 23.6 Å². The fourth-order valence-corrected chi connectivity index (χ4v) is 3.14. The molecule has 0 fully saturated rings. The molecule has 0 atom stereocenters. The zero-order valence-corrected chi connectivity index (χ0v) is 17.3. The minimum Gasteiger partial charge on any atom is -0.352 e. The summed E-state index contributed by atoms with van der Waals surface area (Å²) >= 11 is 1.74. The van der Waals surface area contributed by atoms with Gasteiger partial charge in [-0.25, -0.2) is 0 Å². The highest BCUT2D eigenvalue weighted by Crippen LogP contribution is 2.15. The predicted octanol–water partition coefficient (Wildman–Crippen LogP) is 3.37. The van der Waals surface area contributed by atoms with E-state index < -0.39 is 0 Å². The summed E-state index contributed by atoms with van der Waals surface area (Å²) in [5, 5.41) is 6.19. The van der Waals surface area contributed by atoms with Gasteiger partial charge >= 0.3 is 0 Å². The third-order valence-corrected chi connectivity index (χ3v) is 4.87. The Labute approximate surface area is 166 Å². The highest BCUT2D eigenvalue weighted by molar-refractivity contribution is 7.98. The number of carbonyl (C=O) groups excluding carboxylic acids is 1. The first-order valence-electron chi connectivity index (χ1n) is 8.99. The van der Waals surface area contributed by atoms with Crippen molar-refractivity contribution in [3.8, 4) is 0 Å². The van der Waals surface area contributed by atoms with E-state index in [1.807, 2.05) is 38.2 Å². The van der Waals surface area contributed by atoms with E-state index in [-0.39, 0.29) is 5.91 Å². The van der Waals surface area contributed by atoms with Gasteiger partial charge in [-0.05, 0) is 48.6 Å². The number of nitrogens with zero attached hydrogens (tertiary/aromatic N) is 2. The molecule has 6 heteroatoms. The normalized spacial score (nSPS) is 11.2. The molecular weight excluding hydrogens is 356 g/mol. The van der Waals surface area contributed by atoms with E-state index in [9.17, 15) is 4.79 Å². The van der Waals surface area contributed by atoms with Crippen LogP contribution >= 0.6 is 11.8 Å². The summed E-state index contributed by atoms with van der Waals surface area (Å²) < 4.78 is 0. The average Bonchev–Trinajstić information content (AvgIpc) is 2.69. The van der Waals surface area contributed by atoms with E-state index in [1.54, 1.807) is 18.8 Å². The quantitative estimate of drug-likeness (QED) is 0.437. The van der Waals surface area contributed by atoms with Gasteiger partial charge in [0.2, 0.25) is 0 Å². The molecule has 0 aliphatic heterocycles. The standard InChI is InChI=1S/C21H28N4OS/c1-5-23-20(26)18-8-6-7-17(13-18)14-24-21(22-2)25(3)15-16-9-11-19(27-4)12-10-16/h6-13H,5,14-15H2,1-4H3,(H,22,24)(H,23,26). The molecule has 0 spiro atoms. The molecule has 5 nitrogen and oxygen atoms in total. The summed E-state index contributed by atoms with van der Waals surface area (Å²) in [4.78, 5) is 19.7. The Morgan fingerprint density at radius 2 is 1.85 bits per heavy atom. The molecule has 1 amide bonds. The summed E-state index contributed by atoms with van der Waals surface area (Å²) in [5.74, 6) is 0.766. The average molecular weight is 385 g/mol. The molecule has 2 aromatic rings. The molecule has 0 heterocycles. The molecule has 0 saturated heterocycles. The highest BCUT2D eigenvalue weighted by atomic mass is 32.2. The Bertz CT molecular complexity index is 774. The van der Waals surface area contributed by atoms with Crippen molar-refractivity contribution in [1.29, 1.82) is 0 Å². The summed E-state index contributed by atoms with van der Waals surface area (Å²) in [7, 11) is 3.80. The van der Waals surface area contributed by atoms with Crippen LogP contribution in [0, 0.1) is 0 Å². The zero-order chi connectivity index (χ0) is 19.6. The van der Waals surface area contributed by atoms with E-state index in [0.717, 1.165) is 18.1 Å². The molecule has 0 bridgehead atoms. The summed E-state index contributed by atoms with van der Waals surface area (Å²) in [6, 6.07) is 16.2. The number of aliphatic imine (C=N–C) groups is 1. The van der Waals surface area contributed by atoms with Gasteiger partial charge < -0.3 is 15.5 Å². The van der Waals surface area contributed by atoms with Crippen LogP contribution in [0.1, 0.15) is 28.4 Å². The van der Waals surface area contributed by atoms with Gasteiger partial charge in [0.05, 0.1) is 0 Å². The van der Waals surface area contributed by atoms with Crippen molar-refractivity contribution in [3.05, 3.63) is 65.2 Å². The number of benzene rings is 2. The van der Waals surface area contributed by atoms with Gasteiger partial charge in [-0.3, -0.25) is 9.79 Å². The first-order valence-corrected chi connectivity index (χ1v) is 10.2. The number of guanidine groups is 1. The Kier molecular flexibility index (Phi) is 8.20. The van der Waals surface area contributed by atoms with Crippen molar-refractivity contribution in [3.63, 3.8) is 0 Å². The number of amides is 1. The molecule has 2 rings (SSSR count). The molecule has 0 aliphatic rings. The summed E-state index contributed by atoms with van der Waals surface area (Å²) in [6.07, 6.45) is 2.08. The SMILES string of the molecule is CCNC(=O)c1cccc(CNC(=NC)N(C)Cc2ccc(SC)cc2)c1. The van der Waals surface area contributed by atoms with Crippen LogP contribution in [-0.2, 0) is 13.1 Å². The van der Waals surface area contributed by atoms with Crippen LogP contribution in [0.3, 0.4) is 0 Å². The largest absolute Gasteiger partial charge is 0.352 e. The lowest BCUT2D eigenvalue weighted by molar-refractivity contribution is 0.0955.